The molecule has 1 aromatic rings. The predicted octanol–water partition coefficient (Wildman–Crippen LogP) is 4.92. The average molecular weight is 293 g/mol. The van der Waals surface area contributed by atoms with Gasteiger partial charge < -0.3 is 0 Å². The molecule has 0 amide bonds. The maximum atomic E-state index is 4.05. The number of hydrogen-bond donors (Lipinski definition) is 0. The smallest absolute Gasteiger partial charge is 0.0291 e. The summed E-state index contributed by atoms with van der Waals surface area (Å²) in [5.41, 5.74) is 2.95. The Labute approximate surface area is 135 Å². The molecular formula is C21H27N. The minimum absolute atomic E-state index is 0.452. The molecule has 1 heterocycles. The first-order valence-corrected chi connectivity index (χ1v) is 8.78. The van der Waals surface area contributed by atoms with Crippen molar-refractivity contribution >= 4 is 0 Å². The Kier molecular flexibility index (Phi) is 5.35. The van der Waals surface area contributed by atoms with E-state index in [1.807, 2.05) is 0 Å². The fourth-order valence-electron chi connectivity index (χ4n) is 3.73. The van der Waals surface area contributed by atoms with E-state index in [2.05, 4.69) is 53.7 Å². The number of nitrogens with zero attached hydrogens (tertiary/aromatic N) is 1. The largest absolute Gasteiger partial charge is 0.288 e. The van der Waals surface area contributed by atoms with Crippen LogP contribution in [0.4, 0.5) is 0 Å². The third-order valence-corrected chi connectivity index (χ3v) is 5.08. The van der Waals surface area contributed by atoms with Crippen LogP contribution in [0.2, 0.25) is 0 Å². The van der Waals surface area contributed by atoms with Gasteiger partial charge in [-0.05, 0) is 30.4 Å². The highest BCUT2D eigenvalue weighted by molar-refractivity contribution is 5.30. The molecule has 0 radical (unpaired) electrons. The number of benzene rings is 1. The monoisotopic (exact) mass is 293 g/mol. The summed E-state index contributed by atoms with van der Waals surface area (Å²) >= 11 is 0. The van der Waals surface area contributed by atoms with Gasteiger partial charge in [0.1, 0.15) is 0 Å². The topological polar surface area (TPSA) is 3.24 Å². The zero-order valence-electron chi connectivity index (χ0n) is 13.6. The van der Waals surface area contributed by atoms with Crippen molar-refractivity contribution in [3.63, 3.8) is 0 Å². The summed E-state index contributed by atoms with van der Waals surface area (Å²) in [5, 5.41) is 0. The van der Waals surface area contributed by atoms with E-state index in [9.17, 15) is 0 Å². The van der Waals surface area contributed by atoms with Crippen LogP contribution >= 0.6 is 0 Å². The van der Waals surface area contributed by atoms with Crippen LogP contribution in [0.3, 0.4) is 0 Å². The zero-order chi connectivity index (χ0) is 15.2. The Hall–Kier alpha value is -1.52. The zero-order valence-corrected chi connectivity index (χ0v) is 13.6. The lowest BCUT2D eigenvalue weighted by atomic mass is 9.90. The quantitative estimate of drug-likeness (QED) is 0.562. The molecule has 1 atom stereocenters. The fourth-order valence-corrected chi connectivity index (χ4v) is 3.73. The molecule has 1 unspecified atom stereocenters. The van der Waals surface area contributed by atoms with E-state index < -0.39 is 0 Å². The third kappa shape index (κ3) is 3.81. The number of rotatable bonds is 4. The van der Waals surface area contributed by atoms with Crippen molar-refractivity contribution in [2.45, 2.75) is 64.1 Å². The molecule has 0 N–H and O–H groups in total. The average Bonchev–Trinajstić information content (AvgIpc) is 2.99. The van der Waals surface area contributed by atoms with E-state index in [1.165, 1.54) is 43.2 Å². The van der Waals surface area contributed by atoms with Crippen LogP contribution < -0.4 is 0 Å². The van der Waals surface area contributed by atoms with Gasteiger partial charge in [0.2, 0.25) is 0 Å². The van der Waals surface area contributed by atoms with E-state index in [0.717, 1.165) is 25.9 Å². The van der Waals surface area contributed by atoms with Crippen molar-refractivity contribution in [2.24, 2.45) is 5.92 Å². The van der Waals surface area contributed by atoms with Crippen molar-refractivity contribution in [1.82, 2.24) is 4.90 Å². The SMILES string of the molecule is C=CC(CCC#CC1CCCCC1)N1Cc2ccccc2C1. The van der Waals surface area contributed by atoms with Gasteiger partial charge in [-0.2, -0.15) is 0 Å². The number of fused-ring (bicyclic) bond motifs is 1. The minimum Gasteiger partial charge on any atom is -0.288 e. The van der Waals surface area contributed by atoms with Crippen LogP contribution in [0.1, 0.15) is 56.1 Å². The Morgan fingerprint density at radius 1 is 1.14 bits per heavy atom. The Balaban J connectivity index is 1.49. The first kappa shape index (κ1) is 15.4. The summed E-state index contributed by atoms with van der Waals surface area (Å²) in [6.45, 7) is 6.16. The maximum absolute atomic E-state index is 4.05. The van der Waals surface area contributed by atoms with Crippen molar-refractivity contribution in [2.75, 3.05) is 0 Å². The highest BCUT2D eigenvalue weighted by atomic mass is 15.2. The molecule has 1 aliphatic carbocycles. The molecule has 22 heavy (non-hydrogen) atoms. The van der Waals surface area contributed by atoms with E-state index in [1.54, 1.807) is 0 Å². The summed E-state index contributed by atoms with van der Waals surface area (Å²) in [5.74, 6) is 7.62. The molecule has 1 aliphatic heterocycles. The molecule has 1 heteroatoms. The van der Waals surface area contributed by atoms with Crippen molar-refractivity contribution in [3.8, 4) is 11.8 Å². The fraction of sp³-hybridized carbons (Fsp3) is 0.524. The first-order chi connectivity index (χ1) is 10.9. The Bertz CT molecular complexity index is 532. The lowest BCUT2D eigenvalue weighted by Crippen LogP contribution is -2.28. The first-order valence-electron chi connectivity index (χ1n) is 8.78. The van der Waals surface area contributed by atoms with Gasteiger partial charge in [-0.1, -0.05) is 55.5 Å². The van der Waals surface area contributed by atoms with E-state index >= 15 is 0 Å². The molecule has 1 nitrogen and oxygen atoms in total. The van der Waals surface area contributed by atoms with Crippen molar-refractivity contribution in [1.29, 1.82) is 0 Å². The molecule has 1 aromatic carbocycles. The summed E-state index contributed by atoms with van der Waals surface area (Å²) in [7, 11) is 0. The third-order valence-electron chi connectivity index (χ3n) is 5.08. The van der Waals surface area contributed by atoms with Gasteiger partial charge in [0.05, 0.1) is 0 Å². The lowest BCUT2D eigenvalue weighted by Gasteiger charge is -2.23. The summed E-state index contributed by atoms with van der Waals surface area (Å²) in [6, 6.07) is 9.23. The van der Waals surface area contributed by atoms with E-state index in [-0.39, 0.29) is 0 Å². The normalized spacial score (nSPS) is 20.0. The molecule has 3 rings (SSSR count). The molecular weight excluding hydrogens is 266 g/mol. The van der Waals surface area contributed by atoms with Crippen molar-refractivity contribution in [3.05, 3.63) is 48.0 Å². The lowest BCUT2D eigenvalue weighted by molar-refractivity contribution is 0.226. The molecule has 0 spiro atoms. The minimum atomic E-state index is 0.452. The standard InChI is InChI=1S/C21H27N/c1-2-21(15-9-6-12-18-10-4-3-5-11-18)22-16-19-13-7-8-14-20(19)17-22/h2,7-8,13-14,18,21H,1,3-5,9-11,15-17H2. The van der Waals surface area contributed by atoms with Crippen LogP contribution in [0, 0.1) is 17.8 Å². The molecule has 116 valence electrons. The Morgan fingerprint density at radius 2 is 1.82 bits per heavy atom. The van der Waals surface area contributed by atoms with Crippen LogP contribution in [-0.2, 0) is 13.1 Å². The van der Waals surface area contributed by atoms with Gasteiger partial charge in [0, 0.05) is 31.5 Å². The van der Waals surface area contributed by atoms with Gasteiger partial charge in [0.15, 0.2) is 0 Å². The summed E-state index contributed by atoms with van der Waals surface area (Å²) in [4.78, 5) is 2.53. The molecule has 2 aliphatic rings. The second-order valence-corrected chi connectivity index (χ2v) is 6.67. The van der Waals surface area contributed by atoms with Gasteiger partial charge in [-0.25, -0.2) is 0 Å². The van der Waals surface area contributed by atoms with E-state index in [4.69, 9.17) is 0 Å². The highest BCUT2D eigenvalue weighted by Gasteiger charge is 2.23. The molecule has 1 saturated carbocycles. The summed E-state index contributed by atoms with van der Waals surface area (Å²) < 4.78 is 0. The summed E-state index contributed by atoms with van der Waals surface area (Å²) in [6.07, 6.45) is 11.0. The number of hydrogen-bond acceptors (Lipinski definition) is 1. The van der Waals surface area contributed by atoms with Crippen molar-refractivity contribution < 1.29 is 0 Å². The van der Waals surface area contributed by atoms with Gasteiger partial charge in [0.25, 0.3) is 0 Å². The molecule has 0 bridgehead atoms. The van der Waals surface area contributed by atoms with Gasteiger partial charge >= 0.3 is 0 Å². The predicted molar refractivity (Wildman–Crippen MR) is 93.3 cm³/mol. The van der Waals surface area contributed by atoms with Crippen LogP contribution in [-0.4, -0.2) is 10.9 Å². The highest BCUT2D eigenvalue weighted by Crippen LogP contribution is 2.26. The van der Waals surface area contributed by atoms with Crippen LogP contribution in [0.25, 0.3) is 0 Å². The maximum Gasteiger partial charge on any atom is 0.0291 e. The molecule has 0 saturated heterocycles. The molecule has 1 fully saturated rings. The molecule has 0 aromatic heterocycles. The Morgan fingerprint density at radius 3 is 2.45 bits per heavy atom. The second-order valence-electron chi connectivity index (χ2n) is 6.67. The van der Waals surface area contributed by atoms with E-state index in [0.29, 0.717) is 12.0 Å². The second kappa shape index (κ2) is 7.65. The van der Waals surface area contributed by atoms with Crippen LogP contribution in [0.15, 0.2) is 36.9 Å². The van der Waals surface area contributed by atoms with Crippen LogP contribution in [0.5, 0.6) is 0 Å². The van der Waals surface area contributed by atoms with Gasteiger partial charge in [-0.15, -0.1) is 12.5 Å². The van der Waals surface area contributed by atoms with Gasteiger partial charge in [-0.3, -0.25) is 4.90 Å².